The van der Waals surface area contributed by atoms with Gasteiger partial charge < -0.3 is 26.6 Å². The van der Waals surface area contributed by atoms with Crippen LogP contribution in [-0.4, -0.2) is 64.6 Å². The molecule has 0 atom stereocenters. The van der Waals surface area contributed by atoms with Gasteiger partial charge in [-0.25, -0.2) is 0 Å². The van der Waals surface area contributed by atoms with Crippen molar-refractivity contribution < 1.29 is 26.6 Å². The van der Waals surface area contributed by atoms with Crippen LogP contribution in [0.3, 0.4) is 0 Å². The standard InChI is InChI=1S/C10H24O2Si.C8H20O2Si.C6H16O2Si/c1-7-9(3,4)11-13-12-10(5,6)8-2;1-7(2,3)9-11-10-8(4,5)6;1-5(2)7-9-8-6(3)4/h7-8,13H2,1-6H3;11H2,1-6H3;5-6H,9H2,1-4H3. The minimum absolute atomic E-state index is 0.00392. The van der Waals surface area contributed by atoms with Crippen LogP contribution in [0.15, 0.2) is 0 Å². The number of hydrogen-bond acceptors (Lipinski definition) is 6. The third kappa shape index (κ3) is 37.1. The summed E-state index contributed by atoms with van der Waals surface area (Å²) in [5.41, 5.74) is -0.0962. The Labute approximate surface area is 214 Å². The van der Waals surface area contributed by atoms with Crippen molar-refractivity contribution in [3.05, 3.63) is 0 Å². The van der Waals surface area contributed by atoms with E-state index in [2.05, 4.69) is 41.5 Å². The zero-order chi connectivity index (χ0) is 26.9. The van der Waals surface area contributed by atoms with Crippen molar-refractivity contribution in [2.24, 2.45) is 0 Å². The molecule has 33 heavy (non-hydrogen) atoms. The first-order valence-corrected chi connectivity index (χ1v) is 15.9. The molecule has 0 saturated heterocycles. The maximum atomic E-state index is 5.73. The Hall–Kier alpha value is 0.411. The highest BCUT2D eigenvalue weighted by atomic mass is 28.3. The fraction of sp³-hybridized carbons (Fsp3) is 1.00. The topological polar surface area (TPSA) is 55.4 Å². The predicted octanol–water partition coefficient (Wildman–Crippen LogP) is 4.85. The van der Waals surface area contributed by atoms with Gasteiger partial charge >= 0.3 is 30.0 Å². The third-order valence-corrected chi connectivity index (χ3v) is 9.76. The van der Waals surface area contributed by atoms with Crippen LogP contribution in [0.1, 0.15) is 124 Å². The van der Waals surface area contributed by atoms with Gasteiger partial charge in [0.1, 0.15) is 0 Å². The first-order chi connectivity index (χ1) is 14.7. The Balaban J connectivity index is -0.000000416. The monoisotopic (exact) mass is 528 g/mol. The van der Waals surface area contributed by atoms with Gasteiger partial charge in [-0.1, -0.05) is 13.8 Å². The van der Waals surface area contributed by atoms with E-state index in [0.717, 1.165) is 12.8 Å². The molecule has 0 amide bonds. The van der Waals surface area contributed by atoms with E-state index in [4.69, 9.17) is 26.6 Å². The van der Waals surface area contributed by atoms with E-state index in [1.54, 1.807) is 0 Å². The smallest absolute Gasteiger partial charge is 0.305 e. The lowest BCUT2D eigenvalue weighted by Crippen LogP contribution is -2.32. The summed E-state index contributed by atoms with van der Waals surface area (Å²) in [5.74, 6) is 0. The van der Waals surface area contributed by atoms with Crippen molar-refractivity contribution >= 4 is 30.0 Å². The van der Waals surface area contributed by atoms with Crippen molar-refractivity contribution in [3.63, 3.8) is 0 Å². The lowest BCUT2D eigenvalue weighted by Gasteiger charge is -2.28. The van der Waals surface area contributed by atoms with Crippen LogP contribution in [0, 0.1) is 0 Å². The van der Waals surface area contributed by atoms with E-state index in [1.165, 1.54) is 0 Å². The molecule has 0 aromatic rings. The summed E-state index contributed by atoms with van der Waals surface area (Å²) in [6, 6.07) is 0. The molecule has 0 radical (unpaired) electrons. The molecule has 0 spiro atoms. The van der Waals surface area contributed by atoms with Gasteiger partial charge in [0, 0.05) is 23.4 Å². The van der Waals surface area contributed by atoms with Crippen LogP contribution in [0.5, 0.6) is 0 Å². The Morgan fingerprint density at radius 2 is 0.758 bits per heavy atom. The van der Waals surface area contributed by atoms with Crippen LogP contribution >= 0.6 is 0 Å². The van der Waals surface area contributed by atoms with E-state index in [0.29, 0.717) is 12.2 Å². The summed E-state index contributed by atoms with van der Waals surface area (Å²) in [6.45, 7) is 33.1. The zero-order valence-electron chi connectivity index (χ0n) is 25.1. The van der Waals surface area contributed by atoms with Gasteiger partial charge in [0.15, 0.2) is 0 Å². The van der Waals surface area contributed by atoms with Crippen molar-refractivity contribution in [3.8, 4) is 0 Å². The predicted molar refractivity (Wildman–Crippen MR) is 151 cm³/mol. The van der Waals surface area contributed by atoms with Crippen molar-refractivity contribution in [2.75, 3.05) is 0 Å². The van der Waals surface area contributed by atoms with E-state index in [9.17, 15) is 0 Å². The molecular formula is C24H60O6Si3. The SMILES string of the molecule is CC(C)(C)O[SiH2]OC(C)(C)C.CC(C)O[SiH2]OC(C)C.CCC(C)(C)O[SiH2]OC(C)(C)CC. The fourth-order valence-corrected chi connectivity index (χ4v) is 3.74. The molecule has 0 unspecified atom stereocenters. The molecule has 0 aromatic carbocycles. The first kappa shape index (κ1) is 37.9. The summed E-state index contributed by atoms with van der Waals surface area (Å²) in [5, 5.41) is 0. The highest BCUT2D eigenvalue weighted by Gasteiger charge is 2.19. The molecule has 0 saturated carbocycles. The highest BCUT2D eigenvalue weighted by Crippen LogP contribution is 2.16. The van der Waals surface area contributed by atoms with Crippen LogP contribution in [0.2, 0.25) is 0 Å². The van der Waals surface area contributed by atoms with Gasteiger partial charge in [0.2, 0.25) is 0 Å². The van der Waals surface area contributed by atoms with Crippen LogP contribution in [0.25, 0.3) is 0 Å². The molecular weight excluding hydrogens is 469 g/mol. The second kappa shape index (κ2) is 18.6. The molecule has 0 aliphatic carbocycles. The molecule has 0 bridgehead atoms. The summed E-state index contributed by atoms with van der Waals surface area (Å²) in [7, 11) is -2.30. The number of hydrogen-bond donors (Lipinski definition) is 0. The average Bonchev–Trinajstić information content (AvgIpc) is 2.59. The molecule has 9 heteroatoms. The zero-order valence-corrected chi connectivity index (χ0v) is 29.4. The quantitative estimate of drug-likeness (QED) is 0.338. The molecule has 0 aliphatic rings. The Morgan fingerprint density at radius 1 is 0.485 bits per heavy atom. The van der Waals surface area contributed by atoms with Crippen molar-refractivity contribution in [1.82, 2.24) is 0 Å². The summed E-state index contributed by atoms with van der Waals surface area (Å²) in [6.07, 6.45) is 2.73. The van der Waals surface area contributed by atoms with Gasteiger partial charge in [-0.3, -0.25) is 0 Å². The largest absolute Gasteiger partial charge is 0.396 e. The second-order valence-corrected chi connectivity index (χ2v) is 14.3. The highest BCUT2D eigenvalue weighted by molar-refractivity contribution is 6.18. The lowest BCUT2D eigenvalue weighted by molar-refractivity contribution is 0.0294. The van der Waals surface area contributed by atoms with Gasteiger partial charge in [0.25, 0.3) is 0 Å². The van der Waals surface area contributed by atoms with Crippen LogP contribution in [0.4, 0.5) is 0 Å². The van der Waals surface area contributed by atoms with Gasteiger partial charge in [-0.15, -0.1) is 0 Å². The van der Waals surface area contributed by atoms with E-state index in [1.807, 2.05) is 69.2 Å². The molecule has 204 valence electrons. The minimum atomic E-state index is -0.819. The van der Waals surface area contributed by atoms with Crippen LogP contribution in [-0.2, 0) is 26.6 Å². The van der Waals surface area contributed by atoms with E-state index < -0.39 is 30.0 Å². The molecule has 0 N–H and O–H groups in total. The Morgan fingerprint density at radius 3 is 0.970 bits per heavy atom. The maximum Gasteiger partial charge on any atom is 0.305 e. The van der Waals surface area contributed by atoms with E-state index in [-0.39, 0.29) is 22.4 Å². The van der Waals surface area contributed by atoms with E-state index >= 15 is 0 Å². The summed E-state index contributed by atoms with van der Waals surface area (Å²) < 4.78 is 33.0. The molecule has 0 aliphatic heterocycles. The summed E-state index contributed by atoms with van der Waals surface area (Å²) in [4.78, 5) is 0. The molecule has 0 fully saturated rings. The third-order valence-electron chi connectivity index (χ3n) is 4.39. The first-order valence-electron chi connectivity index (χ1n) is 12.5. The second-order valence-electron chi connectivity index (χ2n) is 11.8. The normalized spacial score (nSPS) is 12.9. The fourth-order valence-electron chi connectivity index (χ4n) is 1.25. The maximum absolute atomic E-state index is 5.73. The van der Waals surface area contributed by atoms with Crippen molar-refractivity contribution in [2.45, 2.75) is 158 Å². The lowest BCUT2D eigenvalue weighted by atomic mass is 10.1. The molecule has 0 rings (SSSR count). The van der Waals surface area contributed by atoms with Gasteiger partial charge in [0.05, 0.1) is 11.2 Å². The minimum Gasteiger partial charge on any atom is -0.396 e. The van der Waals surface area contributed by atoms with Crippen molar-refractivity contribution in [1.29, 1.82) is 0 Å². The molecule has 0 aromatic heterocycles. The Bertz CT molecular complexity index is 406. The van der Waals surface area contributed by atoms with Crippen LogP contribution < -0.4 is 0 Å². The summed E-state index contributed by atoms with van der Waals surface area (Å²) >= 11 is 0. The molecule has 0 heterocycles. The molecule has 6 nitrogen and oxygen atoms in total. The Kier molecular flexibility index (Phi) is 21.4. The van der Waals surface area contributed by atoms with Gasteiger partial charge in [-0.2, -0.15) is 0 Å². The average molecular weight is 529 g/mol. The van der Waals surface area contributed by atoms with Gasteiger partial charge in [-0.05, 0) is 110 Å². The number of rotatable bonds is 12.